The van der Waals surface area contributed by atoms with E-state index in [4.69, 9.17) is 9.26 Å². The molecule has 126 valence electrons. The van der Waals surface area contributed by atoms with Crippen LogP contribution in [0.4, 0.5) is 0 Å². The number of ether oxygens (including phenoxy) is 1. The van der Waals surface area contributed by atoms with E-state index >= 15 is 0 Å². The van der Waals surface area contributed by atoms with Crippen LogP contribution < -0.4 is 4.74 Å². The molecule has 0 amide bonds. The van der Waals surface area contributed by atoms with E-state index in [1.54, 1.807) is 31.4 Å². The highest BCUT2D eigenvalue weighted by Gasteiger charge is 2.15. The SMILES string of the molecule is CCn1cc(-c2cc(-c3ccc(O)cc3)on2)c2ccc(OC)cc21. The van der Waals surface area contributed by atoms with Crippen molar-refractivity contribution >= 4 is 10.9 Å². The number of aromatic hydroxyl groups is 1. The summed E-state index contributed by atoms with van der Waals surface area (Å²) in [5.74, 6) is 1.72. The predicted octanol–water partition coefficient (Wildman–Crippen LogP) is 4.70. The minimum absolute atomic E-state index is 0.225. The summed E-state index contributed by atoms with van der Waals surface area (Å²) in [5.41, 5.74) is 3.78. The van der Waals surface area contributed by atoms with Crippen LogP contribution in [0.1, 0.15) is 6.92 Å². The fourth-order valence-corrected chi connectivity index (χ4v) is 3.03. The predicted molar refractivity (Wildman–Crippen MR) is 96.8 cm³/mol. The maximum absolute atomic E-state index is 9.42. The molecule has 25 heavy (non-hydrogen) atoms. The van der Waals surface area contributed by atoms with E-state index in [9.17, 15) is 5.11 Å². The molecule has 0 aliphatic carbocycles. The van der Waals surface area contributed by atoms with Crippen LogP contribution in [0.3, 0.4) is 0 Å². The third kappa shape index (κ3) is 2.63. The van der Waals surface area contributed by atoms with Gasteiger partial charge in [0, 0.05) is 41.4 Å². The van der Waals surface area contributed by atoms with Crippen molar-refractivity contribution in [3.8, 4) is 34.1 Å². The Balaban J connectivity index is 1.81. The summed E-state index contributed by atoms with van der Waals surface area (Å²) < 4.78 is 13.0. The van der Waals surface area contributed by atoms with Gasteiger partial charge < -0.3 is 18.9 Å². The summed E-state index contributed by atoms with van der Waals surface area (Å²) in [4.78, 5) is 0. The zero-order valence-electron chi connectivity index (χ0n) is 14.1. The van der Waals surface area contributed by atoms with E-state index < -0.39 is 0 Å². The van der Waals surface area contributed by atoms with Crippen molar-refractivity contribution in [2.24, 2.45) is 0 Å². The number of phenols is 1. The molecule has 0 aliphatic heterocycles. The normalized spacial score (nSPS) is 11.1. The van der Waals surface area contributed by atoms with E-state index in [-0.39, 0.29) is 5.75 Å². The Kier molecular flexibility index (Phi) is 3.69. The molecule has 0 saturated heterocycles. The first-order chi connectivity index (χ1) is 12.2. The molecule has 0 unspecified atom stereocenters. The number of hydrogen-bond acceptors (Lipinski definition) is 4. The van der Waals surface area contributed by atoms with Crippen LogP contribution in [0.25, 0.3) is 33.5 Å². The second kappa shape index (κ2) is 6.02. The van der Waals surface area contributed by atoms with Crippen LogP contribution in [-0.2, 0) is 6.54 Å². The zero-order chi connectivity index (χ0) is 17.4. The standard InChI is InChI=1S/C20H18N2O3/c1-3-22-12-17(16-9-8-15(24-2)10-19(16)22)18-11-20(25-21-18)13-4-6-14(23)7-5-13/h4-12,23H,3H2,1-2H3. The van der Waals surface area contributed by atoms with E-state index in [0.29, 0.717) is 5.76 Å². The lowest BCUT2D eigenvalue weighted by atomic mass is 10.1. The Bertz CT molecular complexity index is 1030. The van der Waals surface area contributed by atoms with Crippen LogP contribution in [-0.4, -0.2) is 21.9 Å². The van der Waals surface area contributed by atoms with E-state index in [2.05, 4.69) is 22.8 Å². The second-order valence-corrected chi connectivity index (χ2v) is 5.84. The van der Waals surface area contributed by atoms with Crippen molar-refractivity contribution in [3.63, 3.8) is 0 Å². The average molecular weight is 334 g/mol. The summed E-state index contributed by atoms with van der Waals surface area (Å²) in [5, 5.41) is 14.8. The summed E-state index contributed by atoms with van der Waals surface area (Å²) in [7, 11) is 1.67. The van der Waals surface area contributed by atoms with Gasteiger partial charge in [-0.15, -0.1) is 0 Å². The zero-order valence-corrected chi connectivity index (χ0v) is 14.1. The van der Waals surface area contributed by atoms with Gasteiger partial charge in [0.05, 0.1) is 12.6 Å². The third-order valence-corrected chi connectivity index (χ3v) is 4.37. The van der Waals surface area contributed by atoms with Gasteiger partial charge in [0.2, 0.25) is 0 Å². The maximum Gasteiger partial charge on any atom is 0.167 e. The molecule has 0 saturated carbocycles. The Hall–Kier alpha value is -3.21. The summed E-state index contributed by atoms with van der Waals surface area (Å²) >= 11 is 0. The highest BCUT2D eigenvalue weighted by molar-refractivity contribution is 5.96. The highest BCUT2D eigenvalue weighted by Crippen LogP contribution is 2.34. The summed E-state index contributed by atoms with van der Waals surface area (Å²) in [6, 6.07) is 14.8. The molecule has 4 aromatic rings. The Morgan fingerprint density at radius 3 is 2.64 bits per heavy atom. The topological polar surface area (TPSA) is 60.4 Å². The first kappa shape index (κ1) is 15.3. The van der Waals surface area contributed by atoms with Gasteiger partial charge in [-0.1, -0.05) is 5.16 Å². The van der Waals surface area contributed by atoms with Gasteiger partial charge in [0.1, 0.15) is 17.2 Å². The minimum Gasteiger partial charge on any atom is -0.508 e. The number of aromatic nitrogens is 2. The van der Waals surface area contributed by atoms with E-state index in [0.717, 1.165) is 40.0 Å². The van der Waals surface area contributed by atoms with Crippen LogP contribution in [0.5, 0.6) is 11.5 Å². The maximum atomic E-state index is 9.42. The first-order valence-electron chi connectivity index (χ1n) is 8.13. The number of fused-ring (bicyclic) bond motifs is 1. The van der Waals surface area contributed by atoms with Crippen molar-refractivity contribution in [2.75, 3.05) is 7.11 Å². The first-order valence-corrected chi connectivity index (χ1v) is 8.13. The molecule has 0 aliphatic rings. The number of benzene rings is 2. The van der Waals surface area contributed by atoms with Gasteiger partial charge in [-0.2, -0.15) is 0 Å². The fraction of sp³-hybridized carbons (Fsp3) is 0.150. The Morgan fingerprint density at radius 2 is 1.92 bits per heavy atom. The molecule has 4 rings (SSSR count). The molecule has 0 atom stereocenters. The van der Waals surface area contributed by atoms with Gasteiger partial charge in [0.15, 0.2) is 5.76 Å². The van der Waals surface area contributed by atoms with Gasteiger partial charge in [0.25, 0.3) is 0 Å². The van der Waals surface area contributed by atoms with Gasteiger partial charge in [-0.3, -0.25) is 0 Å². The molecule has 2 aromatic heterocycles. The number of rotatable bonds is 4. The fourth-order valence-electron chi connectivity index (χ4n) is 3.03. The van der Waals surface area contributed by atoms with Crippen molar-refractivity contribution in [3.05, 3.63) is 54.7 Å². The van der Waals surface area contributed by atoms with Crippen molar-refractivity contribution < 1.29 is 14.4 Å². The van der Waals surface area contributed by atoms with Crippen LogP contribution >= 0.6 is 0 Å². The molecule has 0 bridgehead atoms. The molecule has 0 fully saturated rings. The molecule has 0 radical (unpaired) electrons. The monoisotopic (exact) mass is 334 g/mol. The molecule has 0 spiro atoms. The van der Waals surface area contributed by atoms with Crippen molar-refractivity contribution in [2.45, 2.75) is 13.5 Å². The van der Waals surface area contributed by atoms with Gasteiger partial charge >= 0.3 is 0 Å². The average Bonchev–Trinajstić information content (AvgIpc) is 3.26. The molecule has 5 heteroatoms. The van der Waals surface area contributed by atoms with E-state index in [1.165, 1.54) is 0 Å². The number of nitrogens with zero attached hydrogens (tertiary/aromatic N) is 2. The molecule has 2 heterocycles. The summed E-state index contributed by atoms with van der Waals surface area (Å²) in [6.45, 7) is 2.96. The number of phenolic OH excluding ortho intramolecular Hbond substituents is 1. The van der Waals surface area contributed by atoms with Crippen LogP contribution in [0, 0.1) is 0 Å². The third-order valence-electron chi connectivity index (χ3n) is 4.37. The highest BCUT2D eigenvalue weighted by atomic mass is 16.5. The van der Waals surface area contributed by atoms with Crippen LogP contribution in [0.2, 0.25) is 0 Å². The molecule has 1 N–H and O–H groups in total. The summed E-state index contributed by atoms with van der Waals surface area (Å²) in [6.07, 6.45) is 2.09. The molecule has 2 aromatic carbocycles. The van der Waals surface area contributed by atoms with Crippen molar-refractivity contribution in [1.82, 2.24) is 9.72 Å². The Labute approximate surface area is 145 Å². The quantitative estimate of drug-likeness (QED) is 0.588. The largest absolute Gasteiger partial charge is 0.508 e. The molecular formula is C20H18N2O3. The lowest BCUT2D eigenvalue weighted by Gasteiger charge is -2.03. The smallest absolute Gasteiger partial charge is 0.167 e. The Morgan fingerprint density at radius 1 is 1.12 bits per heavy atom. The van der Waals surface area contributed by atoms with Gasteiger partial charge in [-0.05, 0) is 43.3 Å². The molecule has 5 nitrogen and oxygen atoms in total. The lowest BCUT2D eigenvalue weighted by molar-refractivity contribution is 0.415. The van der Waals surface area contributed by atoms with Gasteiger partial charge in [-0.25, -0.2) is 0 Å². The van der Waals surface area contributed by atoms with Crippen molar-refractivity contribution in [1.29, 1.82) is 0 Å². The van der Waals surface area contributed by atoms with Crippen LogP contribution in [0.15, 0.2) is 59.3 Å². The number of methoxy groups -OCH3 is 1. The molecular weight excluding hydrogens is 316 g/mol. The lowest BCUT2D eigenvalue weighted by Crippen LogP contribution is -1.91. The minimum atomic E-state index is 0.225. The number of aryl methyl sites for hydroxylation is 1. The number of hydrogen-bond donors (Lipinski definition) is 1. The second-order valence-electron chi connectivity index (χ2n) is 5.84. The van der Waals surface area contributed by atoms with E-state index in [1.807, 2.05) is 24.3 Å².